The van der Waals surface area contributed by atoms with Gasteiger partial charge in [-0.2, -0.15) is 0 Å². The van der Waals surface area contributed by atoms with E-state index in [0.29, 0.717) is 25.3 Å². The van der Waals surface area contributed by atoms with Gasteiger partial charge in [0.2, 0.25) is 10.0 Å². The molecule has 0 radical (unpaired) electrons. The van der Waals surface area contributed by atoms with Crippen LogP contribution in [0.5, 0.6) is 0 Å². The highest BCUT2D eigenvalue weighted by Crippen LogP contribution is 2.25. The van der Waals surface area contributed by atoms with Gasteiger partial charge in [-0.1, -0.05) is 30.3 Å². The molecule has 0 aliphatic heterocycles. The third kappa shape index (κ3) is 6.05. The maximum atomic E-state index is 12.4. The van der Waals surface area contributed by atoms with E-state index in [-0.39, 0.29) is 23.0 Å². The lowest BCUT2D eigenvalue weighted by molar-refractivity contribution is 0.0697. The lowest BCUT2D eigenvalue weighted by Gasteiger charge is -2.18. The summed E-state index contributed by atoms with van der Waals surface area (Å²) in [5.41, 5.74) is 1.26. The number of carboxylic acid groups (broad SMARTS) is 1. The lowest BCUT2D eigenvalue weighted by atomic mass is 10.1. The molecule has 2 aromatic carbocycles. The number of hydrogen-bond donors (Lipinski definition) is 3. The fourth-order valence-corrected chi connectivity index (χ4v) is 3.76. The summed E-state index contributed by atoms with van der Waals surface area (Å²) >= 11 is 0. The van der Waals surface area contributed by atoms with Crippen molar-refractivity contribution in [3.63, 3.8) is 0 Å². The summed E-state index contributed by atoms with van der Waals surface area (Å²) in [6, 6.07) is 13.5. The number of nitrogens with one attached hydrogen (secondary N) is 2. The maximum Gasteiger partial charge on any atom is 0.337 e. The van der Waals surface area contributed by atoms with Gasteiger partial charge in [0.25, 0.3) is 0 Å². The fraction of sp³-hybridized carbons (Fsp3) is 0.350. The van der Waals surface area contributed by atoms with Crippen LogP contribution >= 0.6 is 0 Å². The van der Waals surface area contributed by atoms with Gasteiger partial charge in [0.05, 0.1) is 10.5 Å². The molecule has 2 rings (SSSR count). The van der Waals surface area contributed by atoms with Crippen molar-refractivity contribution in [2.75, 3.05) is 25.1 Å². The molecule has 0 fully saturated rings. The predicted octanol–water partition coefficient (Wildman–Crippen LogP) is 3.26. The zero-order chi connectivity index (χ0) is 20.6. The molecule has 3 N–H and O–H groups in total. The van der Waals surface area contributed by atoms with E-state index >= 15 is 0 Å². The SMILES string of the molecule is CCOCCCNS(=O)(=O)c1ccc(N[C@@H](C)c2ccccc2)c(C(=O)O)c1. The van der Waals surface area contributed by atoms with E-state index in [4.69, 9.17) is 4.74 Å². The molecule has 152 valence electrons. The molecule has 0 unspecified atom stereocenters. The first kappa shape index (κ1) is 21.9. The molecule has 1 atom stereocenters. The molecule has 0 amide bonds. The molecule has 2 aromatic rings. The molecule has 0 aromatic heterocycles. The van der Waals surface area contributed by atoms with E-state index in [1.165, 1.54) is 18.2 Å². The van der Waals surface area contributed by atoms with Gasteiger partial charge in [-0.05, 0) is 44.0 Å². The predicted molar refractivity (Wildman–Crippen MR) is 108 cm³/mol. The summed E-state index contributed by atoms with van der Waals surface area (Å²) in [6.07, 6.45) is 0.535. The molecule has 0 aliphatic rings. The van der Waals surface area contributed by atoms with Crippen molar-refractivity contribution >= 4 is 21.7 Å². The van der Waals surface area contributed by atoms with Crippen molar-refractivity contribution in [2.45, 2.75) is 31.2 Å². The van der Waals surface area contributed by atoms with E-state index < -0.39 is 16.0 Å². The van der Waals surface area contributed by atoms with Gasteiger partial charge in [0.15, 0.2) is 0 Å². The largest absolute Gasteiger partial charge is 0.478 e. The summed E-state index contributed by atoms with van der Waals surface area (Å²) in [4.78, 5) is 11.6. The zero-order valence-electron chi connectivity index (χ0n) is 16.0. The molecular formula is C20H26N2O5S. The number of benzene rings is 2. The molecule has 8 heteroatoms. The second kappa shape index (κ2) is 10.2. The van der Waals surface area contributed by atoms with Crippen molar-refractivity contribution in [3.05, 3.63) is 59.7 Å². The smallest absolute Gasteiger partial charge is 0.337 e. The Labute approximate surface area is 165 Å². The van der Waals surface area contributed by atoms with Crippen LogP contribution in [0.4, 0.5) is 5.69 Å². The number of carboxylic acids is 1. The van der Waals surface area contributed by atoms with Crippen LogP contribution in [0.15, 0.2) is 53.4 Å². The van der Waals surface area contributed by atoms with Gasteiger partial charge in [0.1, 0.15) is 0 Å². The highest BCUT2D eigenvalue weighted by Gasteiger charge is 2.19. The summed E-state index contributed by atoms with van der Waals surface area (Å²) in [5, 5.41) is 12.7. The molecule has 0 bridgehead atoms. The Bertz CT molecular complexity index is 885. The van der Waals surface area contributed by atoms with Crippen LogP contribution in [0.2, 0.25) is 0 Å². The van der Waals surface area contributed by atoms with Crippen LogP contribution in [-0.2, 0) is 14.8 Å². The van der Waals surface area contributed by atoms with Gasteiger partial charge in [-0.15, -0.1) is 0 Å². The van der Waals surface area contributed by atoms with Crippen molar-refractivity contribution in [2.24, 2.45) is 0 Å². The van der Waals surface area contributed by atoms with Crippen LogP contribution in [0.25, 0.3) is 0 Å². The standard InChI is InChI=1S/C20H26N2O5S/c1-3-27-13-7-12-21-28(25,26)17-10-11-19(18(14-17)20(23)24)22-15(2)16-8-5-4-6-9-16/h4-6,8-11,14-15,21-22H,3,7,12-13H2,1-2H3,(H,23,24)/t15-/m0/s1. The van der Waals surface area contributed by atoms with Crippen LogP contribution < -0.4 is 10.0 Å². The lowest BCUT2D eigenvalue weighted by Crippen LogP contribution is -2.26. The number of aromatic carboxylic acids is 1. The van der Waals surface area contributed by atoms with E-state index in [1.807, 2.05) is 44.2 Å². The maximum absolute atomic E-state index is 12.4. The Kier molecular flexibility index (Phi) is 7.98. The quantitative estimate of drug-likeness (QED) is 0.495. The van der Waals surface area contributed by atoms with Crippen molar-refractivity contribution in [1.82, 2.24) is 4.72 Å². The van der Waals surface area contributed by atoms with Gasteiger partial charge in [0, 0.05) is 31.5 Å². The van der Waals surface area contributed by atoms with E-state index in [1.54, 1.807) is 0 Å². The van der Waals surface area contributed by atoms with Crippen molar-refractivity contribution < 1.29 is 23.1 Å². The fourth-order valence-electron chi connectivity index (χ4n) is 2.66. The molecule has 0 saturated heterocycles. The number of hydrogen-bond acceptors (Lipinski definition) is 5. The highest BCUT2D eigenvalue weighted by molar-refractivity contribution is 7.89. The molecular weight excluding hydrogens is 380 g/mol. The van der Waals surface area contributed by atoms with Crippen molar-refractivity contribution in [1.29, 1.82) is 0 Å². The molecule has 0 aliphatic carbocycles. The average molecular weight is 407 g/mol. The van der Waals surface area contributed by atoms with E-state index in [0.717, 1.165) is 5.56 Å². The van der Waals surface area contributed by atoms with Gasteiger partial charge in [-0.25, -0.2) is 17.9 Å². The number of carbonyl (C=O) groups is 1. The first-order valence-corrected chi connectivity index (χ1v) is 10.6. The Morgan fingerprint density at radius 2 is 1.89 bits per heavy atom. The molecule has 0 saturated carbocycles. The third-order valence-electron chi connectivity index (χ3n) is 4.16. The summed E-state index contributed by atoms with van der Waals surface area (Å²) in [6.45, 7) is 5.03. The normalized spacial score (nSPS) is 12.5. The Morgan fingerprint density at radius 1 is 1.18 bits per heavy atom. The second-order valence-corrected chi connectivity index (χ2v) is 8.00. The van der Waals surface area contributed by atoms with Crippen LogP contribution in [0.3, 0.4) is 0 Å². The van der Waals surface area contributed by atoms with E-state index in [9.17, 15) is 18.3 Å². The minimum Gasteiger partial charge on any atom is -0.478 e. The van der Waals surface area contributed by atoms with Gasteiger partial charge < -0.3 is 15.2 Å². The van der Waals surface area contributed by atoms with Crippen LogP contribution in [0.1, 0.15) is 42.2 Å². The van der Waals surface area contributed by atoms with Gasteiger partial charge >= 0.3 is 5.97 Å². The van der Waals surface area contributed by atoms with E-state index in [2.05, 4.69) is 10.0 Å². The second-order valence-electron chi connectivity index (χ2n) is 6.24. The number of ether oxygens (including phenoxy) is 1. The summed E-state index contributed by atoms with van der Waals surface area (Å²) in [5.74, 6) is -1.20. The minimum atomic E-state index is -3.80. The summed E-state index contributed by atoms with van der Waals surface area (Å²) in [7, 11) is -3.80. The number of sulfonamides is 1. The van der Waals surface area contributed by atoms with Crippen LogP contribution in [-0.4, -0.2) is 39.3 Å². The molecule has 28 heavy (non-hydrogen) atoms. The first-order chi connectivity index (χ1) is 13.3. The highest BCUT2D eigenvalue weighted by atomic mass is 32.2. The topological polar surface area (TPSA) is 105 Å². The van der Waals surface area contributed by atoms with Crippen LogP contribution in [0, 0.1) is 0 Å². The first-order valence-electron chi connectivity index (χ1n) is 9.11. The Hall–Kier alpha value is -2.42. The average Bonchev–Trinajstić information content (AvgIpc) is 2.68. The third-order valence-corrected chi connectivity index (χ3v) is 5.62. The summed E-state index contributed by atoms with van der Waals surface area (Å²) < 4.78 is 32.5. The molecule has 0 spiro atoms. The number of anilines is 1. The minimum absolute atomic E-state index is 0.0841. The monoisotopic (exact) mass is 406 g/mol. The zero-order valence-corrected chi connectivity index (χ0v) is 16.8. The van der Waals surface area contributed by atoms with Crippen molar-refractivity contribution in [3.8, 4) is 0 Å². The molecule has 7 nitrogen and oxygen atoms in total. The Morgan fingerprint density at radius 3 is 2.54 bits per heavy atom. The number of rotatable bonds is 11. The van der Waals surface area contributed by atoms with Gasteiger partial charge in [-0.3, -0.25) is 0 Å². The Balaban J connectivity index is 2.16. The molecule has 0 heterocycles.